The summed E-state index contributed by atoms with van der Waals surface area (Å²) in [7, 11) is 1.28. The fourth-order valence-corrected chi connectivity index (χ4v) is 14.2. The number of carbonyl (C=O) groups excluding carboxylic acids is 8. The number of methoxy groups -OCH3 is 1. The zero-order chi connectivity index (χ0) is 83.9. The maximum Gasteiger partial charge on any atom is 0.416 e. The van der Waals surface area contributed by atoms with Crippen LogP contribution in [-0.2, 0) is 105 Å². The third kappa shape index (κ3) is 21.8. The van der Waals surface area contributed by atoms with Crippen LogP contribution in [-0.4, -0.2) is 91.9 Å². The Morgan fingerprint density at radius 2 is 0.822 bits per heavy atom. The molecule has 118 heavy (non-hydrogen) atoms. The second kappa shape index (κ2) is 39.3. The number of halogens is 3. The Labute approximate surface area is 676 Å². The number of hydroxylamine groups is 4. The summed E-state index contributed by atoms with van der Waals surface area (Å²) in [6.07, 6.45) is 4.51. The van der Waals surface area contributed by atoms with Gasteiger partial charge < -0.3 is 39.1 Å². The van der Waals surface area contributed by atoms with Crippen LogP contribution in [0.15, 0.2) is 261 Å². The van der Waals surface area contributed by atoms with Crippen molar-refractivity contribution >= 4 is 47.4 Å². The third-order valence-electron chi connectivity index (χ3n) is 21.0. The Bertz CT molecular complexity index is 4900. The van der Waals surface area contributed by atoms with E-state index in [4.69, 9.17) is 49.3 Å². The highest BCUT2D eigenvalue weighted by Crippen LogP contribution is 2.59. The van der Waals surface area contributed by atoms with Gasteiger partial charge >= 0.3 is 18.1 Å². The molecule has 26 nitrogen and oxygen atoms in total. The van der Waals surface area contributed by atoms with Gasteiger partial charge in [-0.05, 0) is 193 Å². The predicted molar refractivity (Wildman–Crippen MR) is 418 cm³/mol. The first-order chi connectivity index (χ1) is 57.0. The van der Waals surface area contributed by atoms with Gasteiger partial charge in [-0.3, -0.25) is 69.2 Å². The molecule has 4 saturated carbocycles. The summed E-state index contributed by atoms with van der Waals surface area (Å²) in [6.45, 7) is 3.45. The molecule has 0 unspecified atom stereocenters. The summed E-state index contributed by atoms with van der Waals surface area (Å²) in [4.78, 5) is 106. The highest BCUT2D eigenvalue weighted by Gasteiger charge is 2.67. The quantitative estimate of drug-likeness (QED) is 0.0114. The molecule has 0 aliphatic heterocycles. The largest absolute Gasteiger partial charge is 0.489 e. The van der Waals surface area contributed by atoms with Gasteiger partial charge in [0.15, 0.2) is 0 Å². The highest BCUT2D eigenvalue weighted by atomic mass is 19.4. The minimum absolute atomic E-state index is 0.0439. The average molecular weight is 1610 g/mol. The number of benzene rings is 8. The SMILES string of the molecule is CCOC(=O)[C@@]1(Cc2ccc(Oc3cccc(C(F)(F)F)c3)cc2)C[C@@H]1C(=O)NO.COC(=O)[C@]1(c2cccc(Oc3ccccc3)c2)C[C@H]1C(=O)NO.O=C(NO)[C@H]1C[C@]1(Cc1ccc(OCc2ccccc2)cc1)C(=O)NCc1cccnc1.O=C(NO)[C@H]1C[C@]1(Cc1ccc(OCc2ccccc2)cc1)C(=O)NCc1ccncc1. The molecular formula is C89H87F3N8O18. The topological polar surface area (TPSA) is 371 Å². The van der Waals surface area contributed by atoms with E-state index in [2.05, 4.69) is 20.6 Å². The van der Waals surface area contributed by atoms with Crippen molar-refractivity contribution in [1.82, 2.24) is 42.5 Å². The number of ether oxygens (including phenoxy) is 6. The smallest absolute Gasteiger partial charge is 0.416 e. The lowest BCUT2D eigenvalue weighted by molar-refractivity contribution is -0.152. The van der Waals surface area contributed by atoms with Crippen LogP contribution in [0.2, 0.25) is 0 Å². The van der Waals surface area contributed by atoms with Crippen LogP contribution in [0, 0.1) is 39.9 Å². The van der Waals surface area contributed by atoms with Crippen molar-refractivity contribution in [2.75, 3.05) is 13.7 Å². The number of nitrogens with one attached hydrogen (secondary N) is 6. The van der Waals surface area contributed by atoms with Crippen LogP contribution in [0.3, 0.4) is 0 Å². The summed E-state index contributed by atoms with van der Waals surface area (Å²) in [6, 6.07) is 69.5. The first kappa shape index (κ1) is 85.5. The van der Waals surface area contributed by atoms with Crippen LogP contribution in [0.5, 0.6) is 34.5 Å². The van der Waals surface area contributed by atoms with Gasteiger partial charge in [-0.1, -0.05) is 140 Å². The summed E-state index contributed by atoms with van der Waals surface area (Å²) < 4.78 is 71.3. The maximum absolute atomic E-state index is 13.0. The van der Waals surface area contributed by atoms with Crippen LogP contribution < -0.4 is 51.5 Å². The fraction of sp³-hybridized carbons (Fsp3) is 0.258. The van der Waals surface area contributed by atoms with Gasteiger partial charge in [0.1, 0.15) is 53.1 Å². The molecule has 2 aromatic heterocycles. The van der Waals surface area contributed by atoms with Crippen molar-refractivity contribution < 1.29 is 101 Å². The molecule has 10 N–H and O–H groups in total. The number of aromatic nitrogens is 2. The lowest BCUT2D eigenvalue weighted by Crippen LogP contribution is -2.37. The normalized spacial score (nSPS) is 19.9. The number of esters is 2. The van der Waals surface area contributed by atoms with E-state index in [0.29, 0.717) is 80.4 Å². The molecule has 612 valence electrons. The van der Waals surface area contributed by atoms with E-state index >= 15 is 0 Å². The Morgan fingerprint density at radius 1 is 0.407 bits per heavy atom. The minimum Gasteiger partial charge on any atom is -0.489 e. The summed E-state index contributed by atoms with van der Waals surface area (Å²) in [5.41, 5.74) is 8.97. The third-order valence-corrected chi connectivity index (χ3v) is 21.0. The summed E-state index contributed by atoms with van der Waals surface area (Å²) in [5.74, 6) is -3.20. The zero-order valence-electron chi connectivity index (χ0n) is 64.2. The van der Waals surface area contributed by atoms with Crippen LogP contribution in [0.25, 0.3) is 0 Å². The molecule has 2 heterocycles. The first-order valence-corrected chi connectivity index (χ1v) is 37.7. The fourth-order valence-electron chi connectivity index (χ4n) is 14.2. The van der Waals surface area contributed by atoms with Gasteiger partial charge in [-0.2, -0.15) is 13.2 Å². The molecule has 10 aromatic rings. The Balaban J connectivity index is 0.000000155. The highest BCUT2D eigenvalue weighted by molar-refractivity contribution is 5.99. The molecule has 29 heteroatoms. The van der Waals surface area contributed by atoms with E-state index in [1.807, 2.05) is 158 Å². The number of para-hydroxylation sites is 1. The monoisotopic (exact) mass is 1610 g/mol. The average Bonchev–Trinajstić information content (AvgIpc) is 1.60. The molecule has 6 amide bonds. The second-order valence-electron chi connectivity index (χ2n) is 28.7. The number of nitrogens with zero attached hydrogens (tertiary/aromatic N) is 2. The molecule has 0 bridgehead atoms. The van der Waals surface area contributed by atoms with Crippen molar-refractivity contribution in [2.24, 2.45) is 39.9 Å². The van der Waals surface area contributed by atoms with Gasteiger partial charge in [0.05, 0.1) is 59.2 Å². The maximum atomic E-state index is 13.0. The molecule has 0 spiro atoms. The Morgan fingerprint density at radius 3 is 1.29 bits per heavy atom. The summed E-state index contributed by atoms with van der Waals surface area (Å²) in [5, 5.41) is 41.7. The van der Waals surface area contributed by atoms with Crippen molar-refractivity contribution in [2.45, 2.75) is 89.8 Å². The standard InChI is InChI=1S/2C25H25N3O4.C21H20F3NO5.C18H17NO5/c29-23(28-31)22-14-25(22,24(30)27-16-20-7-4-12-26-15-20)13-18-8-10-21(11-9-18)32-17-19-5-2-1-3-6-19;29-23(28-31)22-15-25(22,24(30)27-16-19-10-12-26-13-11-19)14-18-6-8-21(9-7-18)32-17-20-4-2-1-3-5-20;1-2-29-19(27)20(12-17(20)18(26)25-28)11-13-6-8-15(9-7-13)30-16-5-3-4-14(10-16)21(22,23)24;1-23-17(21)18(11-15(18)16(20)19-22)12-6-5-9-14(10-12)24-13-7-3-2-4-8-13/h1-12,15,22,31H,13-14,16-17H2,(H,27,30)(H,28,29);1-13,22,31H,14-17H2,(H,27,30)(H,28,29);3-10,17,28H,2,11-12H2,1H3,(H,25,26);2-10,15,22H,11H2,1H3,(H,19,20)/t2*22-,25+;17-,20+;15-,18-/m1110/s1. The van der Waals surface area contributed by atoms with Gasteiger partial charge in [0.2, 0.25) is 35.4 Å². The number of hydrogen-bond donors (Lipinski definition) is 10. The molecule has 14 rings (SSSR count). The number of amides is 6. The van der Waals surface area contributed by atoms with Gasteiger partial charge in [0.25, 0.3) is 0 Å². The Kier molecular flexibility index (Phi) is 28.5. The molecule has 4 aliphatic rings. The summed E-state index contributed by atoms with van der Waals surface area (Å²) >= 11 is 0. The van der Waals surface area contributed by atoms with Crippen LogP contribution in [0.4, 0.5) is 13.2 Å². The van der Waals surface area contributed by atoms with Gasteiger partial charge in [0, 0.05) is 37.9 Å². The molecule has 4 aliphatic carbocycles. The van der Waals surface area contributed by atoms with Crippen molar-refractivity contribution in [3.8, 4) is 34.5 Å². The van der Waals surface area contributed by atoms with Crippen molar-refractivity contribution in [1.29, 1.82) is 0 Å². The zero-order valence-corrected chi connectivity index (χ0v) is 64.2. The first-order valence-electron chi connectivity index (χ1n) is 37.7. The van der Waals surface area contributed by atoms with Crippen molar-refractivity contribution in [3.05, 3.63) is 311 Å². The number of pyridine rings is 2. The van der Waals surface area contributed by atoms with Crippen molar-refractivity contribution in [3.63, 3.8) is 0 Å². The van der Waals surface area contributed by atoms with Crippen LogP contribution >= 0.6 is 0 Å². The van der Waals surface area contributed by atoms with Gasteiger partial charge in [-0.25, -0.2) is 21.9 Å². The number of carbonyl (C=O) groups is 8. The van der Waals surface area contributed by atoms with E-state index in [0.717, 1.165) is 57.0 Å². The van der Waals surface area contributed by atoms with E-state index in [-0.39, 0.29) is 43.4 Å². The number of alkyl halides is 3. The predicted octanol–water partition coefficient (Wildman–Crippen LogP) is 12.6. The molecule has 8 aromatic carbocycles. The van der Waals surface area contributed by atoms with E-state index < -0.39 is 92.6 Å². The Hall–Kier alpha value is -13.4. The van der Waals surface area contributed by atoms with E-state index in [9.17, 15) is 51.5 Å². The lowest BCUT2D eigenvalue weighted by atomic mass is 9.92. The van der Waals surface area contributed by atoms with E-state index in [1.54, 1.807) is 108 Å². The number of hydrogen-bond acceptors (Lipinski definition) is 20. The van der Waals surface area contributed by atoms with Gasteiger partial charge in [-0.15, -0.1) is 0 Å². The molecule has 0 radical (unpaired) electrons. The van der Waals surface area contributed by atoms with Crippen LogP contribution in [0.1, 0.15) is 82.7 Å². The second-order valence-corrected chi connectivity index (χ2v) is 28.7. The molecule has 0 saturated heterocycles. The number of rotatable bonds is 30. The van der Waals surface area contributed by atoms with E-state index in [1.165, 1.54) is 19.2 Å². The minimum atomic E-state index is -4.47. The lowest BCUT2D eigenvalue weighted by Gasteiger charge is -2.18. The molecule has 4 fully saturated rings. The molecular weight excluding hydrogens is 1530 g/mol. The molecule has 8 atom stereocenters.